The number of aliphatic carboxylic acids is 2. The third-order valence-electron chi connectivity index (χ3n) is 9.77. The summed E-state index contributed by atoms with van der Waals surface area (Å²) in [6.45, 7) is 4.14. The normalized spacial score (nSPS) is 51.2. The third-order valence-corrected chi connectivity index (χ3v) is 9.77. The lowest BCUT2D eigenvalue weighted by molar-refractivity contribution is -0.160. The number of hydrogen-bond acceptors (Lipinski definition) is 5. The minimum Gasteiger partial charge on any atom is -0.481 e. The highest BCUT2D eigenvalue weighted by Crippen LogP contribution is 2.77. The van der Waals surface area contributed by atoms with Gasteiger partial charge in [0.1, 0.15) is 5.60 Å². The van der Waals surface area contributed by atoms with Crippen LogP contribution in [0.15, 0.2) is 11.6 Å². The molecule has 30 heavy (non-hydrogen) atoms. The van der Waals surface area contributed by atoms with Crippen LogP contribution in [0.1, 0.15) is 65.2 Å². The van der Waals surface area contributed by atoms with Gasteiger partial charge in [-0.05, 0) is 50.5 Å². The van der Waals surface area contributed by atoms with E-state index in [0.29, 0.717) is 38.5 Å². The fraction of sp³-hybridized carbons (Fsp3) is 0.783. The molecule has 4 aliphatic carbocycles. The highest BCUT2D eigenvalue weighted by molar-refractivity contribution is 5.92. The number of ether oxygens (including phenoxy) is 1. The molecule has 3 N–H and O–H groups in total. The molecule has 4 fully saturated rings. The van der Waals surface area contributed by atoms with Crippen LogP contribution in [-0.4, -0.2) is 50.3 Å². The van der Waals surface area contributed by atoms with Gasteiger partial charge in [-0.15, -0.1) is 0 Å². The molecule has 0 radical (unpaired) electrons. The van der Waals surface area contributed by atoms with Crippen molar-refractivity contribution in [3.8, 4) is 0 Å². The molecule has 0 amide bonds. The van der Waals surface area contributed by atoms with Crippen molar-refractivity contribution in [3.63, 3.8) is 0 Å². The summed E-state index contributed by atoms with van der Waals surface area (Å²) < 4.78 is 6.44. The number of carbonyl (C=O) groups excluding carboxylic acids is 1. The van der Waals surface area contributed by atoms with E-state index in [0.717, 1.165) is 5.57 Å². The molecule has 5 rings (SSSR count). The Hall–Kier alpha value is -1.73. The summed E-state index contributed by atoms with van der Waals surface area (Å²) in [4.78, 5) is 35.7. The number of ketones is 1. The number of epoxide rings is 1. The molecule has 1 heterocycles. The largest absolute Gasteiger partial charge is 0.481 e. The summed E-state index contributed by atoms with van der Waals surface area (Å²) in [7, 11) is 0. The van der Waals surface area contributed by atoms with Crippen LogP contribution in [-0.2, 0) is 19.1 Å². The molecule has 0 aromatic rings. The van der Waals surface area contributed by atoms with E-state index < -0.39 is 34.5 Å². The first-order valence-corrected chi connectivity index (χ1v) is 11.1. The van der Waals surface area contributed by atoms with Crippen LogP contribution in [0, 0.1) is 28.6 Å². The van der Waals surface area contributed by atoms with Gasteiger partial charge in [-0.25, -0.2) is 0 Å². The molecular formula is C23H30O7. The molecule has 1 saturated heterocycles. The van der Waals surface area contributed by atoms with Gasteiger partial charge >= 0.3 is 11.9 Å². The van der Waals surface area contributed by atoms with Crippen molar-refractivity contribution < 1.29 is 34.4 Å². The molecule has 1 aliphatic heterocycles. The fourth-order valence-electron chi connectivity index (χ4n) is 8.08. The first kappa shape index (κ1) is 20.2. The standard InChI is InChI=1S/C23H30O7/c1-20-6-3-13(24)9-12(20)10-14(19(27)28)18-15-4-7-22(29,8-5-17(25)26)21(15,2)11-16-23(18,20)30-16/h9,14-16,18,29H,3-8,10-11H2,1-2H3,(H,25,26)(H,27,28)/t14-,15+,16-,18+,20+,21+,22-,23-/m1/s1. The van der Waals surface area contributed by atoms with Crippen LogP contribution in [0.3, 0.4) is 0 Å². The Morgan fingerprint density at radius 2 is 1.97 bits per heavy atom. The molecule has 0 aromatic carbocycles. The number of aliphatic hydroxyl groups is 1. The summed E-state index contributed by atoms with van der Waals surface area (Å²) in [5.41, 5.74) is -1.74. The predicted molar refractivity (Wildman–Crippen MR) is 105 cm³/mol. The van der Waals surface area contributed by atoms with Crippen LogP contribution < -0.4 is 0 Å². The van der Waals surface area contributed by atoms with Crippen molar-refractivity contribution in [1.29, 1.82) is 0 Å². The van der Waals surface area contributed by atoms with Crippen LogP contribution >= 0.6 is 0 Å². The van der Waals surface area contributed by atoms with Crippen molar-refractivity contribution >= 4 is 17.7 Å². The second-order valence-electron chi connectivity index (χ2n) is 10.7. The molecule has 164 valence electrons. The van der Waals surface area contributed by atoms with Gasteiger partial charge < -0.3 is 20.1 Å². The van der Waals surface area contributed by atoms with Gasteiger partial charge in [-0.3, -0.25) is 14.4 Å². The quantitative estimate of drug-likeness (QED) is 0.599. The molecule has 7 heteroatoms. The minimum absolute atomic E-state index is 0.0489. The molecule has 0 unspecified atom stereocenters. The topological polar surface area (TPSA) is 124 Å². The molecule has 3 saturated carbocycles. The van der Waals surface area contributed by atoms with Gasteiger partial charge in [0.25, 0.3) is 0 Å². The van der Waals surface area contributed by atoms with Crippen molar-refractivity contribution in [2.45, 2.75) is 82.5 Å². The lowest BCUT2D eigenvalue weighted by atomic mass is 9.43. The summed E-state index contributed by atoms with van der Waals surface area (Å²) >= 11 is 0. The SMILES string of the molecule is C[C@]12CCC(=O)C=C1C[C@@H](C(=O)O)[C@H]1[C@@H]3CC[C@@](O)(CCC(=O)O)[C@@]3(C)C[C@H]3O[C@@]132. The van der Waals surface area contributed by atoms with Crippen LogP contribution in [0.2, 0.25) is 0 Å². The third kappa shape index (κ3) is 2.25. The monoisotopic (exact) mass is 418 g/mol. The Morgan fingerprint density at radius 3 is 2.63 bits per heavy atom. The van der Waals surface area contributed by atoms with E-state index in [-0.39, 0.29) is 42.0 Å². The number of fused-ring (bicyclic) bond motifs is 3. The summed E-state index contributed by atoms with van der Waals surface area (Å²) in [6.07, 6.45) is 4.81. The maximum absolute atomic E-state index is 12.4. The lowest BCUT2D eigenvalue weighted by Crippen LogP contribution is -2.63. The van der Waals surface area contributed by atoms with Gasteiger partial charge in [0.05, 0.1) is 17.6 Å². The van der Waals surface area contributed by atoms with E-state index in [1.165, 1.54) is 0 Å². The Kier molecular flexibility index (Phi) is 4.00. The van der Waals surface area contributed by atoms with Crippen molar-refractivity contribution in [3.05, 3.63) is 11.6 Å². The smallest absolute Gasteiger partial charge is 0.307 e. The zero-order chi connectivity index (χ0) is 21.7. The number of carboxylic acid groups (broad SMARTS) is 2. The molecule has 7 nitrogen and oxygen atoms in total. The predicted octanol–water partition coefficient (Wildman–Crippen LogP) is 2.56. The van der Waals surface area contributed by atoms with Crippen LogP contribution in [0.4, 0.5) is 0 Å². The zero-order valence-corrected chi connectivity index (χ0v) is 17.5. The molecule has 0 aromatic heterocycles. The highest BCUT2D eigenvalue weighted by atomic mass is 16.6. The Labute approximate surface area is 175 Å². The maximum atomic E-state index is 12.4. The molecule has 8 atom stereocenters. The average molecular weight is 418 g/mol. The van der Waals surface area contributed by atoms with E-state index in [1.807, 2.05) is 6.92 Å². The van der Waals surface area contributed by atoms with E-state index in [2.05, 4.69) is 6.92 Å². The highest BCUT2D eigenvalue weighted by Gasteiger charge is 2.82. The summed E-state index contributed by atoms with van der Waals surface area (Å²) in [5, 5.41) is 30.9. The van der Waals surface area contributed by atoms with E-state index in [9.17, 15) is 24.6 Å². The number of rotatable bonds is 4. The minimum atomic E-state index is -1.13. The Morgan fingerprint density at radius 1 is 1.23 bits per heavy atom. The molecule has 0 bridgehead atoms. The second-order valence-corrected chi connectivity index (χ2v) is 10.7. The number of carboxylic acids is 2. The number of hydrogen-bond donors (Lipinski definition) is 3. The first-order chi connectivity index (χ1) is 14.0. The van der Waals surface area contributed by atoms with E-state index >= 15 is 0 Å². The Bertz CT molecular complexity index is 879. The van der Waals surface area contributed by atoms with E-state index in [1.54, 1.807) is 6.08 Å². The van der Waals surface area contributed by atoms with Gasteiger partial charge in [0, 0.05) is 29.6 Å². The maximum Gasteiger partial charge on any atom is 0.307 e. The molecule has 1 spiro atoms. The lowest BCUT2D eigenvalue weighted by Gasteiger charge is -2.58. The number of carbonyl (C=O) groups is 3. The summed E-state index contributed by atoms with van der Waals surface area (Å²) in [6, 6.07) is 0. The summed E-state index contributed by atoms with van der Waals surface area (Å²) in [5.74, 6) is -2.70. The van der Waals surface area contributed by atoms with Gasteiger partial charge in [0.15, 0.2) is 5.78 Å². The second kappa shape index (κ2) is 5.94. The fourth-order valence-corrected chi connectivity index (χ4v) is 8.08. The van der Waals surface area contributed by atoms with Crippen LogP contribution in [0.25, 0.3) is 0 Å². The first-order valence-electron chi connectivity index (χ1n) is 11.1. The van der Waals surface area contributed by atoms with Gasteiger partial charge in [0.2, 0.25) is 0 Å². The molecule has 5 aliphatic rings. The van der Waals surface area contributed by atoms with Gasteiger partial charge in [-0.1, -0.05) is 19.4 Å². The van der Waals surface area contributed by atoms with Crippen LogP contribution in [0.5, 0.6) is 0 Å². The van der Waals surface area contributed by atoms with Crippen molar-refractivity contribution in [1.82, 2.24) is 0 Å². The van der Waals surface area contributed by atoms with Crippen molar-refractivity contribution in [2.75, 3.05) is 0 Å². The van der Waals surface area contributed by atoms with Gasteiger partial charge in [-0.2, -0.15) is 0 Å². The average Bonchev–Trinajstić information content (AvgIpc) is 3.32. The van der Waals surface area contributed by atoms with E-state index in [4.69, 9.17) is 9.84 Å². The zero-order valence-electron chi connectivity index (χ0n) is 17.5. The molecular weight excluding hydrogens is 388 g/mol. The Balaban J connectivity index is 1.59. The van der Waals surface area contributed by atoms with Crippen molar-refractivity contribution in [2.24, 2.45) is 28.6 Å².